The zero-order valence-electron chi connectivity index (χ0n) is 13.0. The van der Waals surface area contributed by atoms with Gasteiger partial charge in [-0.05, 0) is 27.3 Å². The van der Waals surface area contributed by atoms with Gasteiger partial charge in [-0.15, -0.1) is 0 Å². The van der Waals surface area contributed by atoms with Crippen LogP contribution >= 0.6 is 0 Å². The Balaban J connectivity index is 2.26. The maximum Gasteiger partial charge on any atom is 0.138 e. The molecule has 0 saturated heterocycles. The van der Waals surface area contributed by atoms with Gasteiger partial charge in [0.15, 0.2) is 0 Å². The number of aromatic nitrogens is 5. The summed E-state index contributed by atoms with van der Waals surface area (Å²) < 4.78 is 3.86. The largest absolute Gasteiger partial charge is 0.313 e. The van der Waals surface area contributed by atoms with E-state index in [0.29, 0.717) is 6.04 Å². The van der Waals surface area contributed by atoms with E-state index in [2.05, 4.69) is 47.5 Å². The fourth-order valence-corrected chi connectivity index (χ4v) is 2.52. The lowest BCUT2D eigenvalue weighted by Gasteiger charge is -2.17. The second kappa shape index (κ2) is 6.17. The monoisotopic (exact) mass is 276 g/mol. The zero-order valence-corrected chi connectivity index (χ0v) is 13.0. The molecule has 20 heavy (non-hydrogen) atoms. The van der Waals surface area contributed by atoms with Crippen LogP contribution in [-0.2, 0) is 19.9 Å². The lowest BCUT2D eigenvalue weighted by molar-refractivity contribution is 0.477. The second-order valence-corrected chi connectivity index (χ2v) is 5.32. The summed E-state index contributed by atoms with van der Waals surface area (Å²) in [4.78, 5) is 4.40. The van der Waals surface area contributed by atoms with Gasteiger partial charge in [-0.25, -0.2) is 9.67 Å². The first-order valence-electron chi connectivity index (χ1n) is 7.14. The summed E-state index contributed by atoms with van der Waals surface area (Å²) in [5.41, 5.74) is 2.39. The molecule has 0 bridgehead atoms. The summed E-state index contributed by atoms with van der Waals surface area (Å²) in [5.74, 6) is 1.00. The minimum absolute atomic E-state index is 0.209. The van der Waals surface area contributed by atoms with E-state index in [9.17, 15) is 0 Å². The number of hydrogen-bond acceptors (Lipinski definition) is 4. The van der Waals surface area contributed by atoms with Gasteiger partial charge in [-0.3, -0.25) is 4.68 Å². The van der Waals surface area contributed by atoms with Gasteiger partial charge in [-0.1, -0.05) is 6.92 Å². The zero-order chi connectivity index (χ0) is 14.7. The Bertz CT molecular complexity index is 554. The molecule has 0 radical (unpaired) electrons. The highest BCUT2D eigenvalue weighted by molar-refractivity contribution is 5.22. The maximum absolute atomic E-state index is 4.52. The van der Waals surface area contributed by atoms with Crippen LogP contribution in [0.25, 0.3) is 0 Å². The Hall–Kier alpha value is -1.69. The van der Waals surface area contributed by atoms with Crippen molar-refractivity contribution in [3.8, 4) is 0 Å². The van der Waals surface area contributed by atoms with Crippen LogP contribution in [0.4, 0.5) is 0 Å². The van der Waals surface area contributed by atoms with Gasteiger partial charge in [0, 0.05) is 37.3 Å². The second-order valence-electron chi connectivity index (χ2n) is 5.32. The van der Waals surface area contributed by atoms with Gasteiger partial charge in [0.05, 0.1) is 5.69 Å². The molecule has 1 N–H and O–H groups in total. The molecule has 1 atom stereocenters. The molecule has 2 aromatic rings. The van der Waals surface area contributed by atoms with Crippen LogP contribution in [0.2, 0.25) is 0 Å². The predicted octanol–water partition coefficient (Wildman–Crippen LogP) is 1.66. The number of nitrogens with one attached hydrogen (secondary N) is 1. The third-order valence-corrected chi connectivity index (χ3v) is 3.52. The highest BCUT2D eigenvalue weighted by atomic mass is 15.3. The van der Waals surface area contributed by atoms with E-state index in [-0.39, 0.29) is 6.04 Å². The van der Waals surface area contributed by atoms with Crippen molar-refractivity contribution >= 4 is 0 Å². The molecule has 0 aromatic carbocycles. The Kier molecular flexibility index (Phi) is 4.54. The Labute approximate surface area is 120 Å². The topological polar surface area (TPSA) is 60.6 Å². The van der Waals surface area contributed by atoms with Crippen LogP contribution in [0.15, 0.2) is 12.5 Å². The van der Waals surface area contributed by atoms with E-state index in [0.717, 1.165) is 24.4 Å². The minimum Gasteiger partial charge on any atom is -0.313 e. The van der Waals surface area contributed by atoms with Crippen molar-refractivity contribution in [2.24, 2.45) is 7.05 Å². The van der Waals surface area contributed by atoms with Crippen LogP contribution in [0.5, 0.6) is 0 Å². The van der Waals surface area contributed by atoms with Crippen molar-refractivity contribution in [2.45, 2.75) is 45.7 Å². The van der Waals surface area contributed by atoms with Crippen LogP contribution in [0, 0.1) is 0 Å². The van der Waals surface area contributed by atoms with Crippen molar-refractivity contribution in [2.75, 3.05) is 7.05 Å². The molecule has 1 unspecified atom stereocenters. The van der Waals surface area contributed by atoms with Gasteiger partial charge < -0.3 is 5.32 Å². The third kappa shape index (κ3) is 2.90. The first kappa shape index (κ1) is 14.7. The SMILES string of the molecule is CCc1nn(C)cc1C(Cc1ncnn1C(C)C)NC. The number of likely N-dealkylation sites (N-methyl/N-ethyl adjacent to an activating group) is 1. The maximum atomic E-state index is 4.52. The predicted molar refractivity (Wildman–Crippen MR) is 78.5 cm³/mol. The number of nitrogens with zero attached hydrogens (tertiary/aromatic N) is 5. The van der Waals surface area contributed by atoms with Crippen LogP contribution in [0.3, 0.4) is 0 Å². The molecule has 6 heteroatoms. The van der Waals surface area contributed by atoms with Gasteiger partial charge in [0.25, 0.3) is 0 Å². The summed E-state index contributed by atoms with van der Waals surface area (Å²) in [5, 5.41) is 12.2. The van der Waals surface area contributed by atoms with E-state index < -0.39 is 0 Å². The van der Waals surface area contributed by atoms with Gasteiger partial charge in [0.2, 0.25) is 0 Å². The molecule has 2 heterocycles. The normalized spacial score (nSPS) is 13.1. The highest BCUT2D eigenvalue weighted by Gasteiger charge is 2.19. The molecule has 0 aliphatic rings. The van der Waals surface area contributed by atoms with Crippen LogP contribution in [-0.4, -0.2) is 31.6 Å². The molecule has 0 saturated carbocycles. The van der Waals surface area contributed by atoms with E-state index >= 15 is 0 Å². The number of aryl methyl sites for hydroxylation is 2. The average molecular weight is 276 g/mol. The molecule has 2 aromatic heterocycles. The first-order chi connectivity index (χ1) is 9.56. The number of rotatable bonds is 6. The molecule has 0 aliphatic carbocycles. The summed E-state index contributed by atoms with van der Waals surface area (Å²) >= 11 is 0. The summed E-state index contributed by atoms with van der Waals surface area (Å²) in [6.07, 6.45) is 5.47. The minimum atomic E-state index is 0.209. The molecule has 2 rings (SSSR count). The highest BCUT2D eigenvalue weighted by Crippen LogP contribution is 2.21. The molecule has 6 nitrogen and oxygen atoms in total. The van der Waals surface area contributed by atoms with Crippen molar-refractivity contribution in [1.29, 1.82) is 0 Å². The van der Waals surface area contributed by atoms with Crippen LogP contribution in [0.1, 0.15) is 49.9 Å². The standard InChI is InChI=1S/C14H24N6/c1-6-12-11(8-19(5)18-12)13(15-4)7-14-16-9-17-20(14)10(2)3/h8-10,13,15H,6-7H2,1-5H3. The van der Waals surface area contributed by atoms with Gasteiger partial charge in [-0.2, -0.15) is 10.2 Å². The van der Waals surface area contributed by atoms with E-state index in [1.165, 1.54) is 5.56 Å². The van der Waals surface area contributed by atoms with Gasteiger partial charge in [0.1, 0.15) is 12.2 Å². The molecule has 0 amide bonds. The molecule has 0 spiro atoms. The van der Waals surface area contributed by atoms with Crippen LogP contribution < -0.4 is 5.32 Å². The third-order valence-electron chi connectivity index (χ3n) is 3.52. The first-order valence-corrected chi connectivity index (χ1v) is 7.14. The fourth-order valence-electron chi connectivity index (χ4n) is 2.52. The Morgan fingerprint density at radius 2 is 2.10 bits per heavy atom. The molecule has 110 valence electrons. The summed E-state index contributed by atoms with van der Waals surface area (Å²) in [7, 11) is 3.94. The number of hydrogen-bond donors (Lipinski definition) is 1. The average Bonchev–Trinajstić information content (AvgIpc) is 3.01. The van der Waals surface area contributed by atoms with Crippen molar-refractivity contribution in [3.63, 3.8) is 0 Å². The fraction of sp³-hybridized carbons (Fsp3) is 0.643. The quantitative estimate of drug-likeness (QED) is 0.871. The Morgan fingerprint density at radius 3 is 2.70 bits per heavy atom. The van der Waals surface area contributed by atoms with E-state index in [4.69, 9.17) is 0 Å². The molecular formula is C14H24N6. The lowest BCUT2D eigenvalue weighted by Crippen LogP contribution is -2.22. The van der Waals surface area contributed by atoms with Gasteiger partial charge >= 0.3 is 0 Å². The summed E-state index contributed by atoms with van der Waals surface area (Å²) in [6.45, 7) is 6.37. The van der Waals surface area contributed by atoms with E-state index in [1.807, 2.05) is 23.5 Å². The molecule has 0 fully saturated rings. The molecular weight excluding hydrogens is 252 g/mol. The lowest BCUT2D eigenvalue weighted by atomic mass is 10.0. The molecule has 0 aliphatic heterocycles. The smallest absolute Gasteiger partial charge is 0.138 e. The van der Waals surface area contributed by atoms with Crippen molar-refractivity contribution in [1.82, 2.24) is 29.9 Å². The Morgan fingerprint density at radius 1 is 1.35 bits per heavy atom. The summed E-state index contributed by atoms with van der Waals surface area (Å²) in [6, 6.07) is 0.532. The van der Waals surface area contributed by atoms with Crippen molar-refractivity contribution in [3.05, 3.63) is 29.6 Å². The van der Waals surface area contributed by atoms with Crippen molar-refractivity contribution < 1.29 is 0 Å². The van der Waals surface area contributed by atoms with E-state index in [1.54, 1.807) is 6.33 Å².